The Hall–Kier alpha value is -2.16. The van der Waals surface area contributed by atoms with Crippen LogP contribution in [0.3, 0.4) is 0 Å². The van der Waals surface area contributed by atoms with E-state index in [9.17, 15) is 4.79 Å². The van der Waals surface area contributed by atoms with Crippen LogP contribution in [-0.2, 0) is 7.05 Å². The van der Waals surface area contributed by atoms with Gasteiger partial charge in [-0.05, 0) is 84.5 Å². The zero-order valence-corrected chi connectivity index (χ0v) is 19.5. The lowest BCUT2D eigenvalue weighted by atomic mass is 9.98. The van der Waals surface area contributed by atoms with Crippen LogP contribution in [0, 0.1) is 5.92 Å². The lowest BCUT2D eigenvalue weighted by Crippen LogP contribution is -2.32. The van der Waals surface area contributed by atoms with Gasteiger partial charge in [0.25, 0.3) is 5.91 Å². The van der Waals surface area contributed by atoms with E-state index >= 15 is 0 Å². The number of rotatable bonds is 6. The molecule has 0 spiro atoms. The molecule has 1 aliphatic heterocycles. The quantitative estimate of drug-likeness (QED) is 0.536. The number of anilines is 1. The summed E-state index contributed by atoms with van der Waals surface area (Å²) in [6.07, 6.45) is 4.07. The number of thiophene rings is 1. The Morgan fingerprint density at radius 1 is 1.30 bits per heavy atom. The monoisotopic (exact) mass is 488 g/mol. The maximum absolute atomic E-state index is 12.5. The minimum Gasteiger partial charge on any atom is -0.493 e. The van der Waals surface area contributed by atoms with Gasteiger partial charge in [-0.2, -0.15) is 5.10 Å². The normalized spacial score (nSPS) is 15.3. The lowest BCUT2D eigenvalue weighted by molar-refractivity contribution is 0.103. The second-order valence-corrected chi connectivity index (χ2v) is 9.47. The first-order chi connectivity index (χ1) is 14.5. The van der Waals surface area contributed by atoms with Crippen LogP contribution in [0.5, 0.6) is 5.75 Å². The van der Waals surface area contributed by atoms with Crippen molar-refractivity contribution in [2.75, 3.05) is 32.1 Å². The summed E-state index contributed by atoms with van der Waals surface area (Å²) in [5.41, 5.74) is 2.54. The topological polar surface area (TPSA) is 59.4 Å². The van der Waals surface area contributed by atoms with Crippen molar-refractivity contribution in [1.29, 1.82) is 0 Å². The molecule has 0 unspecified atom stereocenters. The Bertz CT molecular complexity index is 991. The van der Waals surface area contributed by atoms with Gasteiger partial charge in [0.1, 0.15) is 5.75 Å². The highest BCUT2D eigenvalue weighted by Crippen LogP contribution is 2.37. The van der Waals surface area contributed by atoms with Crippen LogP contribution in [-0.4, -0.2) is 47.3 Å². The van der Waals surface area contributed by atoms with Crippen LogP contribution in [0.1, 0.15) is 22.5 Å². The van der Waals surface area contributed by atoms with Crippen molar-refractivity contribution in [3.8, 4) is 17.0 Å². The SMILES string of the molecule is CN1CCC(COc2ccc(NC(=O)c3cccs3)cc2-c2c(Br)cnn2C)CC1. The fraction of sp³-hybridized carbons (Fsp3) is 0.364. The van der Waals surface area contributed by atoms with Crippen molar-refractivity contribution in [1.82, 2.24) is 14.7 Å². The fourth-order valence-electron chi connectivity index (χ4n) is 3.67. The maximum atomic E-state index is 12.5. The second kappa shape index (κ2) is 9.32. The van der Waals surface area contributed by atoms with Gasteiger partial charge in [0.2, 0.25) is 0 Å². The van der Waals surface area contributed by atoms with Crippen LogP contribution in [0.4, 0.5) is 5.69 Å². The first kappa shape index (κ1) is 21.1. The molecule has 1 aromatic carbocycles. The van der Waals surface area contributed by atoms with Gasteiger partial charge in [0.05, 0.1) is 27.8 Å². The van der Waals surface area contributed by atoms with Gasteiger partial charge in [-0.3, -0.25) is 9.48 Å². The van der Waals surface area contributed by atoms with Crippen molar-refractivity contribution in [3.05, 3.63) is 51.3 Å². The summed E-state index contributed by atoms with van der Waals surface area (Å²) >= 11 is 5.02. The van der Waals surface area contributed by atoms with Crippen molar-refractivity contribution in [2.45, 2.75) is 12.8 Å². The molecule has 1 N–H and O–H groups in total. The van der Waals surface area contributed by atoms with Crippen LogP contribution in [0.2, 0.25) is 0 Å². The molecule has 0 aliphatic carbocycles. The van der Waals surface area contributed by atoms with E-state index in [4.69, 9.17) is 4.74 Å². The molecule has 2 aromatic heterocycles. The number of carbonyl (C=O) groups is 1. The summed E-state index contributed by atoms with van der Waals surface area (Å²) < 4.78 is 8.98. The van der Waals surface area contributed by atoms with Crippen molar-refractivity contribution in [2.24, 2.45) is 13.0 Å². The minimum atomic E-state index is -0.111. The van der Waals surface area contributed by atoms with E-state index < -0.39 is 0 Å². The van der Waals surface area contributed by atoms with Gasteiger partial charge in [0.15, 0.2) is 0 Å². The van der Waals surface area contributed by atoms with E-state index in [-0.39, 0.29) is 5.91 Å². The molecule has 3 aromatic rings. The third-order valence-corrected chi connectivity index (χ3v) is 6.89. The Morgan fingerprint density at radius 3 is 2.77 bits per heavy atom. The van der Waals surface area contributed by atoms with Crippen LogP contribution in [0.25, 0.3) is 11.3 Å². The number of likely N-dealkylation sites (tertiary alicyclic amines) is 1. The molecule has 1 aliphatic rings. The zero-order valence-electron chi connectivity index (χ0n) is 17.1. The number of ether oxygens (including phenoxy) is 1. The Labute approximate surface area is 189 Å². The average Bonchev–Trinajstić information content (AvgIpc) is 3.38. The number of aryl methyl sites for hydroxylation is 1. The molecule has 0 atom stereocenters. The molecule has 6 nitrogen and oxygen atoms in total. The van der Waals surface area contributed by atoms with Gasteiger partial charge < -0.3 is 15.0 Å². The molecule has 30 heavy (non-hydrogen) atoms. The highest BCUT2D eigenvalue weighted by Gasteiger charge is 2.20. The number of nitrogens with zero attached hydrogens (tertiary/aromatic N) is 3. The Balaban J connectivity index is 1.58. The molecule has 1 fully saturated rings. The standard InChI is InChI=1S/C22H25BrN4O2S/c1-26-9-7-15(8-10-26)14-29-19-6-5-16(25-22(28)20-4-3-11-30-20)12-17(19)21-18(23)13-24-27(21)2/h3-6,11-13,15H,7-10,14H2,1-2H3,(H,25,28). The molecule has 0 saturated carbocycles. The van der Waals surface area contributed by atoms with Crippen LogP contribution >= 0.6 is 27.3 Å². The highest BCUT2D eigenvalue weighted by molar-refractivity contribution is 9.10. The van der Waals surface area contributed by atoms with Gasteiger partial charge in [-0.15, -0.1) is 11.3 Å². The van der Waals surface area contributed by atoms with Gasteiger partial charge in [-0.25, -0.2) is 0 Å². The summed E-state index contributed by atoms with van der Waals surface area (Å²) in [5.74, 6) is 1.25. The summed E-state index contributed by atoms with van der Waals surface area (Å²) in [5, 5.41) is 9.23. The number of hydrogen-bond donors (Lipinski definition) is 1. The molecular formula is C22H25BrN4O2S. The zero-order chi connectivity index (χ0) is 21.1. The predicted molar refractivity (Wildman–Crippen MR) is 124 cm³/mol. The average molecular weight is 489 g/mol. The third-order valence-electron chi connectivity index (χ3n) is 5.44. The van der Waals surface area contributed by atoms with E-state index in [2.05, 4.69) is 38.3 Å². The molecule has 0 radical (unpaired) electrons. The van der Waals surface area contributed by atoms with E-state index in [1.165, 1.54) is 11.3 Å². The number of carbonyl (C=O) groups excluding carboxylic acids is 1. The fourth-order valence-corrected chi connectivity index (χ4v) is 4.85. The predicted octanol–water partition coefficient (Wildman–Crippen LogP) is 4.88. The smallest absolute Gasteiger partial charge is 0.265 e. The molecule has 158 valence electrons. The third kappa shape index (κ3) is 4.77. The highest BCUT2D eigenvalue weighted by atomic mass is 79.9. The second-order valence-electron chi connectivity index (χ2n) is 7.66. The maximum Gasteiger partial charge on any atom is 0.265 e. The van der Waals surface area contributed by atoms with Crippen LogP contribution < -0.4 is 10.1 Å². The van der Waals surface area contributed by atoms with Gasteiger partial charge >= 0.3 is 0 Å². The Morgan fingerprint density at radius 2 is 2.10 bits per heavy atom. The summed E-state index contributed by atoms with van der Waals surface area (Å²) in [7, 11) is 4.07. The van der Waals surface area contributed by atoms with Crippen molar-refractivity contribution >= 4 is 38.9 Å². The van der Waals surface area contributed by atoms with Crippen molar-refractivity contribution in [3.63, 3.8) is 0 Å². The number of amides is 1. The molecular weight excluding hydrogens is 464 g/mol. The molecule has 1 saturated heterocycles. The van der Waals surface area contributed by atoms with E-state index in [1.807, 2.05) is 47.4 Å². The van der Waals surface area contributed by atoms with Gasteiger partial charge in [0, 0.05) is 18.3 Å². The molecule has 8 heteroatoms. The number of benzene rings is 1. The van der Waals surface area contributed by atoms with Crippen molar-refractivity contribution < 1.29 is 9.53 Å². The number of halogens is 1. The number of piperidine rings is 1. The van der Waals surface area contributed by atoms with E-state index in [1.54, 1.807) is 6.20 Å². The Kier molecular flexibility index (Phi) is 6.55. The van der Waals surface area contributed by atoms with E-state index in [0.29, 0.717) is 17.4 Å². The summed E-state index contributed by atoms with van der Waals surface area (Å²) in [6, 6.07) is 9.48. The minimum absolute atomic E-state index is 0.111. The number of nitrogens with one attached hydrogen (secondary N) is 1. The molecule has 4 rings (SSSR count). The largest absolute Gasteiger partial charge is 0.493 e. The lowest BCUT2D eigenvalue weighted by Gasteiger charge is -2.29. The summed E-state index contributed by atoms with van der Waals surface area (Å²) in [4.78, 5) is 15.5. The number of aromatic nitrogens is 2. The van der Waals surface area contributed by atoms with Crippen LogP contribution in [0.15, 0.2) is 46.4 Å². The molecule has 3 heterocycles. The number of hydrogen-bond acceptors (Lipinski definition) is 5. The molecule has 0 bridgehead atoms. The molecule has 1 amide bonds. The van der Waals surface area contributed by atoms with Gasteiger partial charge in [-0.1, -0.05) is 6.07 Å². The first-order valence-corrected chi connectivity index (χ1v) is 11.7. The van der Waals surface area contributed by atoms with E-state index in [0.717, 1.165) is 53.1 Å². The summed E-state index contributed by atoms with van der Waals surface area (Å²) in [6.45, 7) is 2.92. The first-order valence-electron chi connectivity index (χ1n) is 9.99.